The number of hydrogen-bond donors (Lipinski definition) is 0. The van der Waals surface area contributed by atoms with E-state index in [1.165, 1.54) is 12.8 Å². The van der Waals surface area contributed by atoms with Crippen molar-refractivity contribution in [2.45, 2.75) is 52.4 Å². The van der Waals surface area contributed by atoms with Crippen molar-refractivity contribution in [1.29, 1.82) is 0 Å². The zero-order chi connectivity index (χ0) is 12.0. The van der Waals surface area contributed by atoms with E-state index in [0.717, 1.165) is 30.7 Å². The van der Waals surface area contributed by atoms with Gasteiger partial charge >= 0.3 is 0 Å². The summed E-state index contributed by atoms with van der Waals surface area (Å²) in [5.41, 5.74) is 1.76. The Labute approximate surface area is 97.8 Å². The Morgan fingerprint density at radius 3 is 2.62 bits per heavy atom. The fourth-order valence-corrected chi connectivity index (χ4v) is 1.80. The highest BCUT2D eigenvalue weighted by Gasteiger charge is 2.11. The fraction of sp³-hybridized carbons (Fsp3) is 0.692. The Morgan fingerprint density at radius 1 is 1.31 bits per heavy atom. The minimum Gasteiger partial charge on any atom is -0.292 e. The minimum absolute atomic E-state index is 0.228. The third kappa shape index (κ3) is 3.47. The van der Waals surface area contributed by atoms with E-state index < -0.39 is 0 Å². The molecule has 0 spiro atoms. The lowest BCUT2D eigenvalue weighted by atomic mass is 10.1. The lowest BCUT2D eigenvalue weighted by Crippen LogP contribution is -2.06. The Kier molecular flexibility index (Phi) is 5.23. The summed E-state index contributed by atoms with van der Waals surface area (Å²) >= 11 is 0. The number of Topliss-reactive ketones (excluding diaryl/α,β-unsaturated/α-hetero) is 1. The first kappa shape index (κ1) is 12.9. The fourth-order valence-electron chi connectivity index (χ4n) is 1.80. The number of unbranched alkanes of at least 4 members (excludes halogenated alkanes) is 3. The lowest BCUT2D eigenvalue weighted by Gasteiger charge is -2.00. The Balaban J connectivity index is 2.49. The molecule has 0 aliphatic carbocycles. The summed E-state index contributed by atoms with van der Waals surface area (Å²) in [6.07, 6.45) is 6.12. The van der Waals surface area contributed by atoms with E-state index >= 15 is 0 Å². The third-order valence-corrected chi connectivity index (χ3v) is 2.84. The summed E-state index contributed by atoms with van der Waals surface area (Å²) in [6, 6.07) is 1.92. The molecule has 1 aromatic rings. The number of aryl methyl sites for hydroxylation is 2. The van der Waals surface area contributed by atoms with Gasteiger partial charge in [0.1, 0.15) is 5.69 Å². The van der Waals surface area contributed by atoms with Crippen LogP contribution in [0.25, 0.3) is 0 Å². The molecular weight excluding hydrogens is 200 g/mol. The van der Waals surface area contributed by atoms with Crippen molar-refractivity contribution >= 4 is 5.78 Å². The van der Waals surface area contributed by atoms with Crippen molar-refractivity contribution in [3.8, 4) is 0 Å². The zero-order valence-corrected chi connectivity index (χ0v) is 10.6. The molecule has 0 aliphatic rings. The van der Waals surface area contributed by atoms with Gasteiger partial charge in [0.2, 0.25) is 0 Å². The molecule has 90 valence electrons. The molecule has 0 aromatic carbocycles. The number of ketones is 1. The molecule has 0 bridgehead atoms. The smallest absolute Gasteiger partial charge is 0.180 e. The summed E-state index contributed by atoms with van der Waals surface area (Å²) in [5.74, 6) is 0.228. The lowest BCUT2D eigenvalue weighted by molar-refractivity contribution is 0.0970. The highest BCUT2D eigenvalue weighted by Crippen LogP contribution is 2.10. The van der Waals surface area contributed by atoms with E-state index in [-0.39, 0.29) is 5.78 Å². The molecule has 0 fully saturated rings. The van der Waals surface area contributed by atoms with Gasteiger partial charge in [0.05, 0.1) is 5.69 Å². The van der Waals surface area contributed by atoms with Crippen LogP contribution in [0.2, 0.25) is 0 Å². The van der Waals surface area contributed by atoms with Crippen molar-refractivity contribution in [1.82, 2.24) is 9.78 Å². The SMILES string of the molecule is CCCCCCC(=O)c1cc(CC)nn1C. The maximum absolute atomic E-state index is 11.9. The van der Waals surface area contributed by atoms with Crippen molar-refractivity contribution in [2.75, 3.05) is 0 Å². The summed E-state index contributed by atoms with van der Waals surface area (Å²) in [4.78, 5) is 11.9. The molecule has 16 heavy (non-hydrogen) atoms. The van der Waals surface area contributed by atoms with Gasteiger partial charge in [0.15, 0.2) is 5.78 Å². The van der Waals surface area contributed by atoms with Crippen molar-refractivity contribution in [3.63, 3.8) is 0 Å². The topological polar surface area (TPSA) is 34.9 Å². The van der Waals surface area contributed by atoms with E-state index in [1.54, 1.807) is 4.68 Å². The molecule has 0 radical (unpaired) electrons. The van der Waals surface area contributed by atoms with Gasteiger partial charge in [0.25, 0.3) is 0 Å². The number of aromatic nitrogens is 2. The van der Waals surface area contributed by atoms with Gasteiger partial charge in [-0.3, -0.25) is 9.48 Å². The van der Waals surface area contributed by atoms with E-state index in [0.29, 0.717) is 6.42 Å². The first-order valence-electron chi connectivity index (χ1n) is 6.25. The normalized spacial score (nSPS) is 10.7. The van der Waals surface area contributed by atoms with Crippen molar-refractivity contribution in [2.24, 2.45) is 7.05 Å². The molecular formula is C13H22N2O. The number of rotatable bonds is 7. The molecule has 0 aliphatic heterocycles. The average Bonchev–Trinajstić information content (AvgIpc) is 2.66. The second-order valence-corrected chi connectivity index (χ2v) is 4.23. The third-order valence-electron chi connectivity index (χ3n) is 2.84. The predicted octanol–water partition coefficient (Wildman–Crippen LogP) is 3.14. The number of hydrogen-bond acceptors (Lipinski definition) is 2. The van der Waals surface area contributed by atoms with Gasteiger partial charge in [-0.15, -0.1) is 0 Å². The molecule has 0 N–H and O–H groups in total. The molecule has 1 rings (SSSR count). The molecule has 3 nitrogen and oxygen atoms in total. The van der Waals surface area contributed by atoms with E-state index in [1.807, 2.05) is 13.1 Å². The summed E-state index contributed by atoms with van der Waals surface area (Å²) in [7, 11) is 1.85. The van der Waals surface area contributed by atoms with Gasteiger partial charge in [-0.25, -0.2) is 0 Å². The Morgan fingerprint density at radius 2 is 2.06 bits per heavy atom. The van der Waals surface area contributed by atoms with Crippen LogP contribution in [-0.2, 0) is 13.5 Å². The summed E-state index contributed by atoms with van der Waals surface area (Å²) in [6.45, 7) is 4.23. The second-order valence-electron chi connectivity index (χ2n) is 4.23. The molecule has 0 unspecified atom stereocenters. The van der Waals surface area contributed by atoms with Crippen LogP contribution in [0.1, 0.15) is 62.1 Å². The first-order chi connectivity index (χ1) is 7.69. The molecule has 0 saturated carbocycles. The molecule has 0 amide bonds. The molecule has 0 atom stereocenters. The highest BCUT2D eigenvalue weighted by molar-refractivity contribution is 5.94. The minimum atomic E-state index is 0.228. The Bertz CT molecular complexity index is 342. The summed E-state index contributed by atoms with van der Waals surface area (Å²) in [5, 5.41) is 4.29. The highest BCUT2D eigenvalue weighted by atomic mass is 16.1. The van der Waals surface area contributed by atoms with Crippen LogP contribution in [0, 0.1) is 0 Å². The van der Waals surface area contributed by atoms with Crippen LogP contribution in [0.5, 0.6) is 0 Å². The Hall–Kier alpha value is -1.12. The number of carbonyl (C=O) groups excluding carboxylic acids is 1. The van der Waals surface area contributed by atoms with Crippen molar-refractivity contribution < 1.29 is 4.79 Å². The van der Waals surface area contributed by atoms with Gasteiger partial charge in [-0.2, -0.15) is 5.10 Å². The molecule has 3 heteroatoms. The van der Waals surface area contributed by atoms with Crippen molar-refractivity contribution in [3.05, 3.63) is 17.5 Å². The largest absolute Gasteiger partial charge is 0.292 e. The predicted molar refractivity (Wildman–Crippen MR) is 65.7 cm³/mol. The van der Waals surface area contributed by atoms with Crippen LogP contribution < -0.4 is 0 Å². The van der Waals surface area contributed by atoms with Gasteiger partial charge in [0, 0.05) is 13.5 Å². The van der Waals surface area contributed by atoms with Gasteiger partial charge in [-0.1, -0.05) is 33.1 Å². The number of carbonyl (C=O) groups is 1. The van der Waals surface area contributed by atoms with Crippen LogP contribution in [0.15, 0.2) is 6.07 Å². The zero-order valence-electron chi connectivity index (χ0n) is 10.6. The van der Waals surface area contributed by atoms with E-state index in [4.69, 9.17) is 0 Å². The molecule has 1 heterocycles. The van der Waals surface area contributed by atoms with Crippen LogP contribution in [0.4, 0.5) is 0 Å². The maximum atomic E-state index is 11.9. The van der Waals surface area contributed by atoms with E-state index in [2.05, 4.69) is 18.9 Å². The van der Waals surface area contributed by atoms with Crippen LogP contribution in [0.3, 0.4) is 0 Å². The average molecular weight is 222 g/mol. The number of nitrogens with zero attached hydrogens (tertiary/aromatic N) is 2. The standard InChI is InChI=1S/C13H22N2O/c1-4-6-7-8-9-13(16)12-10-11(5-2)14-15(12)3/h10H,4-9H2,1-3H3. The first-order valence-corrected chi connectivity index (χ1v) is 6.25. The van der Waals surface area contributed by atoms with E-state index in [9.17, 15) is 4.79 Å². The van der Waals surface area contributed by atoms with Crippen LogP contribution >= 0.6 is 0 Å². The quantitative estimate of drug-likeness (QED) is 0.524. The molecule has 1 aromatic heterocycles. The van der Waals surface area contributed by atoms with Gasteiger partial charge < -0.3 is 0 Å². The monoisotopic (exact) mass is 222 g/mol. The maximum Gasteiger partial charge on any atom is 0.180 e. The molecule has 0 saturated heterocycles. The summed E-state index contributed by atoms with van der Waals surface area (Å²) < 4.78 is 1.71. The second kappa shape index (κ2) is 6.46. The van der Waals surface area contributed by atoms with Gasteiger partial charge in [-0.05, 0) is 18.9 Å². The van der Waals surface area contributed by atoms with Crippen LogP contribution in [-0.4, -0.2) is 15.6 Å².